The fourth-order valence-electron chi connectivity index (χ4n) is 4.08. The zero-order valence-electron chi connectivity index (χ0n) is 18.9. The summed E-state index contributed by atoms with van der Waals surface area (Å²) in [6.07, 6.45) is 1.55. The number of hydrogen-bond donors (Lipinski definition) is 4. The Labute approximate surface area is 195 Å². The molecule has 1 aliphatic rings. The number of carbonyl (C=O) groups is 1. The molecule has 0 bridgehead atoms. The van der Waals surface area contributed by atoms with Crippen LogP contribution in [0.5, 0.6) is 0 Å². The number of anilines is 3. The molecule has 3 rings (SSSR count). The topological polar surface area (TPSA) is 132 Å². The van der Waals surface area contributed by atoms with Crippen molar-refractivity contribution >= 4 is 35.1 Å². The van der Waals surface area contributed by atoms with Crippen LogP contribution >= 0.6 is 0 Å². The van der Waals surface area contributed by atoms with Crippen LogP contribution in [0.3, 0.4) is 0 Å². The molecular formula is C22H27F3N8O. The number of nitrogens with one attached hydrogen (secondary N) is 3. The van der Waals surface area contributed by atoms with Gasteiger partial charge in [-0.25, -0.2) is 18.2 Å². The predicted molar refractivity (Wildman–Crippen MR) is 124 cm³/mol. The highest BCUT2D eigenvalue weighted by Gasteiger charge is 2.48. The Balaban J connectivity index is 1.97. The van der Waals surface area contributed by atoms with E-state index in [1.807, 2.05) is 0 Å². The third-order valence-corrected chi connectivity index (χ3v) is 5.68. The van der Waals surface area contributed by atoms with Crippen LogP contribution in [0, 0.1) is 11.2 Å². The van der Waals surface area contributed by atoms with Crippen LogP contribution in [0.25, 0.3) is 0 Å². The third-order valence-electron chi connectivity index (χ3n) is 5.68. The first-order valence-electron chi connectivity index (χ1n) is 10.7. The zero-order valence-corrected chi connectivity index (χ0v) is 18.9. The van der Waals surface area contributed by atoms with Gasteiger partial charge in [0, 0.05) is 25.4 Å². The maximum Gasteiger partial charge on any atom is 0.265 e. The Morgan fingerprint density at radius 3 is 2.85 bits per heavy atom. The molecule has 2 atom stereocenters. The lowest BCUT2D eigenvalue weighted by Crippen LogP contribution is -2.59. The molecule has 0 radical (unpaired) electrons. The monoisotopic (exact) mass is 476 g/mol. The molecule has 0 spiro atoms. The summed E-state index contributed by atoms with van der Waals surface area (Å²) in [6.45, 7) is 0.131. The van der Waals surface area contributed by atoms with Crippen molar-refractivity contribution in [3.63, 3.8) is 0 Å². The third kappa shape index (κ3) is 5.50. The molecule has 12 heteroatoms. The van der Waals surface area contributed by atoms with Crippen molar-refractivity contribution in [1.82, 2.24) is 10.3 Å². The van der Waals surface area contributed by atoms with Crippen molar-refractivity contribution < 1.29 is 18.0 Å². The number of halogens is 3. The number of benzene rings is 1. The summed E-state index contributed by atoms with van der Waals surface area (Å²) in [5.74, 6) is -4.91. The lowest BCUT2D eigenvalue weighted by Gasteiger charge is -2.42. The Morgan fingerprint density at radius 2 is 2.18 bits per heavy atom. The van der Waals surface area contributed by atoms with E-state index in [1.165, 1.54) is 19.0 Å². The van der Waals surface area contributed by atoms with Crippen molar-refractivity contribution in [2.45, 2.75) is 37.3 Å². The lowest BCUT2D eigenvalue weighted by atomic mass is 9.86. The van der Waals surface area contributed by atoms with Crippen LogP contribution in [0.2, 0.25) is 0 Å². The van der Waals surface area contributed by atoms with Gasteiger partial charge in [-0.05, 0) is 44.2 Å². The van der Waals surface area contributed by atoms with E-state index in [0.717, 1.165) is 12.3 Å². The SMILES string of the molecule is CNC1C(N(C)c2nc(Nc3cccc(N=NCC=N)c3)c(C(N)=O)cc2F)CCCC1(F)F. The van der Waals surface area contributed by atoms with E-state index < -0.39 is 29.7 Å². The van der Waals surface area contributed by atoms with Crippen LogP contribution in [0.15, 0.2) is 40.6 Å². The highest BCUT2D eigenvalue weighted by Crippen LogP contribution is 2.37. The molecule has 2 aromatic rings. The maximum atomic E-state index is 15.0. The van der Waals surface area contributed by atoms with Crippen molar-refractivity contribution in [3.05, 3.63) is 41.7 Å². The Morgan fingerprint density at radius 1 is 1.41 bits per heavy atom. The van der Waals surface area contributed by atoms with Gasteiger partial charge in [0.15, 0.2) is 11.6 Å². The number of rotatable bonds is 9. The van der Waals surface area contributed by atoms with Crippen LogP contribution < -0.4 is 21.3 Å². The van der Waals surface area contributed by atoms with Gasteiger partial charge in [0.2, 0.25) is 0 Å². The predicted octanol–water partition coefficient (Wildman–Crippen LogP) is 4.01. The first kappa shape index (κ1) is 25.1. The molecule has 1 fully saturated rings. The molecule has 1 heterocycles. The van der Waals surface area contributed by atoms with Gasteiger partial charge in [-0.3, -0.25) is 4.79 Å². The molecule has 34 heavy (non-hydrogen) atoms. The number of carbonyl (C=O) groups excluding carboxylic acids is 1. The van der Waals surface area contributed by atoms with Crippen molar-refractivity contribution in [3.8, 4) is 0 Å². The molecule has 1 aromatic carbocycles. The molecule has 182 valence electrons. The van der Waals surface area contributed by atoms with Gasteiger partial charge in [-0.2, -0.15) is 10.2 Å². The molecule has 0 saturated heterocycles. The minimum atomic E-state index is -2.95. The summed E-state index contributed by atoms with van der Waals surface area (Å²) in [5.41, 5.74) is 6.19. The number of aromatic nitrogens is 1. The van der Waals surface area contributed by atoms with Crippen molar-refractivity contribution in [1.29, 1.82) is 5.41 Å². The summed E-state index contributed by atoms with van der Waals surface area (Å²) in [5, 5.41) is 20.4. The van der Waals surface area contributed by atoms with E-state index in [-0.39, 0.29) is 36.6 Å². The van der Waals surface area contributed by atoms with Crippen molar-refractivity contribution in [2.75, 3.05) is 30.9 Å². The van der Waals surface area contributed by atoms with Gasteiger partial charge >= 0.3 is 0 Å². The lowest BCUT2D eigenvalue weighted by molar-refractivity contribution is -0.0685. The standard InChI is InChI=1S/C22H27F3N8O/c1-28-18-17(7-4-8-22(18,24)25)33(2)21-16(23)12-15(19(27)34)20(31-21)30-13-5-3-6-14(11-13)32-29-10-9-26/h3,5-6,9,11-12,17-18,26,28H,4,7-8,10H2,1-2H3,(H2,27,34)(H,30,31). The summed E-state index contributed by atoms with van der Waals surface area (Å²) < 4.78 is 44.0. The number of pyridine rings is 1. The van der Waals surface area contributed by atoms with Gasteiger partial charge < -0.3 is 26.7 Å². The van der Waals surface area contributed by atoms with E-state index in [4.69, 9.17) is 11.1 Å². The molecule has 9 nitrogen and oxygen atoms in total. The smallest absolute Gasteiger partial charge is 0.265 e. The highest BCUT2D eigenvalue weighted by atomic mass is 19.3. The Hall–Kier alpha value is -3.54. The van der Waals surface area contributed by atoms with E-state index in [0.29, 0.717) is 17.8 Å². The second-order valence-electron chi connectivity index (χ2n) is 7.96. The van der Waals surface area contributed by atoms with E-state index >= 15 is 4.39 Å². The summed E-state index contributed by atoms with van der Waals surface area (Å²) >= 11 is 0. The number of nitrogens with zero attached hydrogens (tertiary/aromatic N) is 4. The summed E-state index contributed by atoms with van der Waals surface area (Å²) in [7, 11) is 2.95. The number of nitrogens with two attached hydrogens (primary N) is 1. The second kappa shape index (κ2) is 10.6. The molecule has 1 aromatic heterocycles. The van der Waals surface area contributed by atoms with Gasteiger partial charge in [0.1, 0.15) is 5.82 Å². The normalized spacial score (nSPS) is 19.7. The van der Waals surface area contributed by atoms with E-state index in [1.54, 1.807) is 24.3 Å². The molecule has 1 saturated carbocycles. The van der Waals surface area contributed by atoms with E-state index in [2.05, 4.69) is 25.8 Å². The molecule has 2 unspecified atom stereocenters. The van der Waals surface area contributed by atoms with Gasteiger partial charge in [0.25, 0.3) is 11.8 Å². The van der Waals surface area contributed by atoms with Crippen LogP contribution in [-0.2, 0) is 0 Å². The molecule has 0 aliphatic heterocycles. The molecule has 5 N–H and O–H groups in total. The molecule has 1 amide bonds. The average Bonchev–Trinajstić information content (AvgIpc) is 2.79. The highest BCUT2D eigenvalue weighted by molar-refractivity contribution is 5.98. The minimum absolute atomic E-state index is 0.0205. The first-order chi connectivity index (χ1) is 16.2. The number of azo groups is 1. The first-order valence-corrected chi connectivity index (χ1v) is 10.7. The Kier molecular flexibility index (Phi) is 7.82. The number of amides is 1. The Bertz CT molecular complexity index is 1080. The number of primary amides is 1. The largest absolute Gasteiger partial charge is 0.365 e. The van der Waals surface area contributed by atoms with Crippen LogP contribution in [-0.4, -0.2) is 55.8 Å². The number of hydrogen-bond acceptors (Lipinski definition) is 8. The quantitative estimate of drug-likeness (QED) is 0.321. The molecule has 1 aliphatic carbocycles. The number of alkyl halides is 2. The van der Waals surface area contributed by atoms with E-state index in [9.17, 15) is 13.6 Å². The zero-order chi connectivity index (χ0) is 24.9. The fraction of sp³-hybridized carbons (Fsp3) is 0.409. The minimum Gasteiger partial charge on any atom is -0.365 e. The van der Waals surface area contributed by atoms with Crippen LogP contribution in [0.1, 0.15) is 29.6 Å². The second-order valence-corrected chi connectivity index (χ2v) is 7.96. The van der Waals surface area contributed by atoms with Crippen molar-refractivity contribution in [2.24, 2.45) is 16.0 Å². The average molecular weight is 477 g/mol. The van der Waals surface area contributed by atoms with Gasteiger partial charge in [0.05, 0.1) is 29.9 Å². The summed E-state index contributed by atoms with van der Waals surface area (Å²) in [6, 6.07) is 5.70. The van der Waals surface area contributed by atoms with Crippen LogP contribution in [0.4, 0.5) is 36.2 Å². The van der Waals surface area contributed by atoms with Gasteiger partial charge in [-0.15, -0.1) is 0 Å². The summed E-state index contributed by atoms with van der Waals surface area (Å²) in [4.78, 5) is 17.6. The van der Waals surface area contributed by atoms with Gasteiger partial charge in [-0.1, -0.05) is 6.07 Å². The number of likely N-dealkylation sites (N-methyl/N-ethyl adjacent to an activating group) is 2. The fourth-order valence-corrected chi connectivity index (χ4v) is 4.08. The molecular weight excluding hydrogens is 449 g/mol. The maximum absolute atomic E-state index is 15.0.